The van der Waals surface area contributed by atoms with Crippen molar-refractivity contribution in [2.45, 2.75) is 41.7 Å². The largest absolute Gasteiger partial charge is 0.493 e. The van der Waals surface area contributed by atoms with E-state index in [0.29, 0.717) is 5.56 Å². The Morgan fingerprint density at radius 2 is 1.90 bits per heavy atom. The fourth-order valence-corrected chi connectivity index (χ4v) is 6.53. The van der Waals surface area contributed by atoms with Crippen LogP contribution < -0.4 is 16.0 Å². The standard InChI is InChI=1S/C23H22N8O7S/c1-22(2)23(20(37)38,26-10-32)30-18(36)14(19(30)39-22)29-16(34)13(11-6-4-3-5-7-11)28-15(33)12-8-24-21-25-9-27-31(21)17(12)35/h3-10,13-14,19,35H,1-2H3,(H,26,32)(H,28,33)(H,29,34)(H,37,38)/t13?,14-,19+,23-/m0/s1. The summed E-state index contributed by atoms with van der Waals surface area (Å²) in [6, 6.07) is 5.78. The number of carbonyl (C=O) groups is 5. The number of aromatic hydroxyl groups is 1. The molecule has 39 heavy (non-hydrogen) atoms. The van der Waals surface area contributed by atoms with Crippen molar-refractivity contribution in [2.75, 3.05) is 0 Å². The topological polar surface area (TPSA) is 208 Å². The van der Waals surface area contributed by atoms with Crippen LogP contribution in [-0.2, 0) is 19.2 Å². The number of fused-ring (bicyclic) bond motifs is 2. The van der Waals surface area contributed by atoms with Gasteiger partial charge in [0.1, 0.15) is 29.3 Å². The molecule has 15 nitrogen and oxygen atoms in total. The Labute approximate surface area is 224 Å². The number of amides is 4. The van der Waals surface area contributed by atoms with E-state index in [4.69, 9.17) is 0 Å². The molecule has 5 N–H and O–H groups in total. The van der Waals surface area contributed by atoms with E-state index in [9.17, 15) is 34.2 Å². The van der Waals surface area contributed by atoms with Gasteiger partial charge >= 0.3 is 5.97 Å². The zero-order valence-electron chi connectivity index (χ0n) is 20.4. The Hall–Kier alpha value is -4.73. The predicted molar refractivity (Wildman–Crippen MR) is 133 cm³/mol. The molecule has 1 aromatic carbocycles. The number of benzene rings is 1. The molecular weight excluding hydrogens is 532 g/mol. The number of carboxylic acids is 1. The molecule has 2 fully saturated rings. The van der Waals surface area contributed by atoms with Gasteiger partial charge in [-0.1, -0.05) is 30.3 Å². The smallest absolute Gasteiger partial charge is 0.352 e. The number of β-lactam (4-membered cyclic amide) rings is 1. The van der Waals surface area contributed by atoms with Gasteiger partial charge in [-0.3, -0.25) is 24.1 Å². The van der Waals surface area contributed by atoms with Crippen LogP contribution in [0.3, 0.4) is 0 Å². The second-order valence-corrected chi connectivity index (χ2v) is 11.0. The maximum Gasteiger partial charge on any atom is 0.352 e. The molecule has 5 rings (SSSR count). The fraction of sp³-hybridized carbons (Fsp3) is 0.304. The first-order valence-electron chi connectivity index (χ1n) is 11.5. The molecule has 4 atom stereocenters. The van der Waals surface area contributed by atoms with Crippen LogP contribution in [0.25, 0.3) is 5.78 Å². The lowest BCUT2D eigenvalue weighted by molar-refractivity contribution is -0.175. The Kier molecular flexibility index (Phi) is 6.13. The van der Waals surface area contributed by atoms with Crippen LogP contribution in [0.2, 0.25) is 0 Å². The highest BCUT2D eigenvalue weighted by molar-refractivity contribution is 8.01. The summed E-state index contributed by atoms with van der Waals surface area (Å²) in [5, 5.41) is 30.9. The lowest BCUT2D eigenvalue weighted by atomic mass is 9.88. The van der Waals surface area contributed by atoms with Gasteiger partial charge in [-0.2, -0.15) is 14.6 Å². The Balaban J connectivity index is 1.41. The van der Waals surface area contributed by atoms with E-state index < -0.39 is 57.4 Å². The van der Waals surface area contributed by atoms with Crippen molar-refractivity contribution in [3.05, 3.63) is 54.0 Å². The summed E-state index contributed by atoms with van der Waals surface area (Å²) in [5.41, 5.74) is -1.91. The maximum absolute atomic E-state index is 13.5. The van der Waals surface area contributed by atoms with Crippen LogP contribution in [0, 0.1) is 0 Å². The molecule has 1 unspecified atom stereocenters. The first kappa shape index (κ1) is 25.9. The first-order chi connectivity index (χ1) is 18.5. The van der Waals surface area contributed by atoms with Gasteiger partial charge in [0, 0.05) is 6.20 Å². The fourth-order valence-electron chi connectivity index (χ4n) is 4.82. The molecule has 4 heterocycles. The Morgan fingerprint density at radius 1 is 1.18 bits per heavy atom. The van der Waals surface area contributed by atoms with Crippen molar-refractivity contribution >= 4 is 47.6 Å². The van der Waals surface area contributed by atoms with Crippen molar-refractivity contribution in [2.24, 2.45) is 0 Å². The van der Waals surface area contributed by atoms with Gasteiger partial charge in [0.2, 0.25) is 23.9 Å². The number of hydrogen-bond acceptors (Lipinski definition) is 10. The van der Waals surface area contributed by atoms with Crippen LogP contribution in [-0.4, -0.2) is 86.6 Å². The third kappa shape index (κ3) is 3.82. The van der Waals surface area contributed by atoms with Crippen molar-refractivity contribution < 1.29 is 34.2 Å². The number of hydrogen-bond donors (Lipinski definition) is 5. The summed E-state index contributed by atoms with van der Waals surface area (Å²) >= 11 is 1.11. The number of nitrogens with zero attached hydrogens (tertiary/aromatic N) is 5. The van der Waals surface area contributed by atoms with Crippen molar-refractivity contribution in [3.8, 4) is 5.88 Å². The lowest BCUT2D eigenvalue weighted by Gasteiger charge is -2.49. The van der Waals surface area contributed by atoms with Crippen molar-refractivity contribution in [1.82, 2.24) is 40.4 Å². The number of carboxylic acid groups (broad SMARTS) is 1. The van der Waals surface area contributed by atoms with Gasteiger partial charge in [0.25, 0.3) is 17.6 Å². The number of thioether (sulfide) groups is 1. The number of carbonyl (C=O) groups excluding carboxylic acids is 4. The predicted octanol–water partition coefficient (Wildman–Crippen LogP) is -0.994. The highest BCUT2D eigenvalue weighted by atomic mass is 32.2. The number of rotatable bonds is 8. The molecule has 2 aliphatic heterocycles. The molecule has 0 saturated carbocycles. The zero-order chi connectivity index (χ0) is 28.1. The summed E-state index contributed by atoms with van der Waals surface area (Å²) in [4.78, 5) is 72.1. The summed E-state index contributed by atoms with van der Waals surface area (Å²) < 4.78 is -0.188. The van der Waals surface area contributed by atoms with E-state index in [1.165, 1.54) is 0 Å². The third-order valence-corrected chi connectivity index (χ3v) is 8.37. The van der Waals surface area contributed by atoms with E-state index in [2.05, 4.69) is 31.0 Å². The quantitative estimate of drug-likeness (QED) is 0.169. The molecule has 3 aromatic rings. The minimum Gasteiger partial charge on any atom is -0.493 e. The highest BCUT2D eigenvalue weighted by Gasteiger charge is 2.73. The van der Waals surface area contributed by atoms with E-state index >= 15 is 0 Å². The van der Waals surface area contributed by atoms with E-state index in [1.54, 1.807) is 44.2 Å². The number of aliphatic carboxylic acids is 1. The van der Waals surface area contributed by atoms with Gasteiger partial charge in [0.05, 0.1) is 4.75 Å². The molecule has 4 amide bonds. The number of aromatic nitrogens is 4. The SMILES string of the molecule is CC1(C)S[C@@H]2[C@@H](NC(=O)C(NC(=O)c3cnc4ncnn4c3O)c3ccccc3)C(=O)N2[C@@]1(NC=O)C(=O)O. The van der Waals surface area contributed by atoms with Crippen molar-refractivity contribution in [1.29, 1.82) is 0 Å². The molecule has 202 valence electrons. The monoisotopic (exact) mass is 554 g/mol. The summed E-state index contributed by atoms with van der Waals surface area (Å²) in [7, 11) is 0. The number of nitrogens with one attached hydrogen (secondary N) is 3. The van der Waals surface area contributed by atoms with Gasteiger partial charge < -0.3 is 26.2 Å². The summed E-state index contributed by atoms with van der Waals surface area (Å²) in [6.45, 7) is 3.15. The first-order valence-corrected chi connectivity index (χ1v) is 12.4. The second-order valence-electron chi connectivity index (χ2n) is 9.28. The van der Waals surface area contributed by atoms with E-state index in [-0.39, 0.29) is 17.8 Å². The second kappa shape index (κ2) is 9.23. The maximum atomic E-state index is 13.5. The van der Waals surface area contributed by atoms with E-state index in [0.717, 1.165) is 33.7 Å². The molecule has 16 heteroatoms. The van der Waals surface area contributed by atoms with Gasteiger partial charge in [-0.05, 0) is 19.4 Å². The van der Waals surface area contributed by atoms with E-state index in [1.807, 2.05) is 0 Å². The molecule has 0 radical (unpaired) electrons. The highest BCUT2D eigenvalue weighted by Crippen LogP contribution is 2.55. The van der Waals surface area contributed by atoms with Crippen LogP contribution in [0.15, 0.2) is 42.9 Å². The Morgan fingerprint density at radius 3 is 2.56 bits per heavy atom. The summed E-state index contributed by atoms with van der Waals surface area (Å²) in [5.74, 6) is -4.20. The average Bonchev–Trinajstić information content (AvgIpc) is 3.47. The average molecular weight is 555 g/mol. The normalized spacial score (nSPS) is 23.8. The van der Waals surface area contributed by atoms with Crippen LogP contribution >= 0.6 is 11.8 Å². The molecular formula is C23H22N8O7S. The van der Waals surface area contributed by atoms with Gasteiger partial charge in [-0.25, -0.2) is 9.78 Å². The van der Waals surface area contributed by atoms with Crippen LogP contribution in [0.5, 0.6) is 5.88 Å². The molecule has 2 aliphatic rings. The minimum absolute atomic E-state index is 0.0629. The summed E-state index contributed by atoms with van der Waals surface area (Å²) in [6.07, 6.45) is 2.46. The lowest BCUT2D eigenvalue weighted by Crippen LogP contribution is -2.79. The van der Waals surface area contributed by atoms with Crippen LogP contribution in [0.1, 0.15) is 35.8 Å². The molecule has 0 aliphatic carbocycles. The molecule has 2 saturated heterocycles. The van der Waals surface area contributed by atoms with Crippen molar-refractivity contribution in [3.63, 3.8) is 0 Å². The molecule has 0 spiro atoms. The molecule has 0 bridgehead atoms. The minimum atomic E-state index is -2.01. The van der Waals surface area contributed by atoms with Gasteiger partial charge in [-0.15, -0.1) is 11.8 Å². The third-order valence-electron chi connectivity index (χ3n) is 6.76. The van der Waals surface area contributed by atoms with Gasteiger partial charge in [0.15, 0.2) is 0 Å². The van der Waals surface area contributed by atoms with Crippen LogP contribution in [0.4, 0.5) is 0 Å². The zero-order valence-corrected chi connectivity index (χ0v) is 21.2. The Bertz CT molecular complexity index is 1510. The molecule has 2 aromatic heterocycles.